The lowest BCUT2D eigenvalue weighted by Crippen LogP contribution is -2.60. The molecule has 2 aromatic rings. The first-order chi connectivity index (χ1) is 14.7. The Balaban J connectivity index is 1.82. The van der Waals surface area contributed by atoms with Crippen molar-refractivity contribution in [2.75, 3.05) is 6.61 Å². The molecule has 1 unspecified atom stereocenters. The Morgan fingerprint density at radius 1 is 0.935 bits per heavy atom. The van der Waals surface area contributed by atoms with Gasteiger partial charge in [-0.2, -0.15) is 0 Å². The first kappa shape index (κ1) is 22.8. The predicted molar refractivity (Wildman–Crippen MR) is 105 cm³/mol. The molecule has 7 N–H and O–H groups in total. The van der Waals surface area contributed by atoms with E-state index in [1.54, 1.807) is 12.1 Å². The molecule has 0 aromatic heterocycles. The van der Waals surface area contributed by atoms with Crippen molar-refractivity contribution in [3.8, 4) is 23.0 Å². The summed E-state index contributed by atoms with van der Waals surface area (Å²) in [7, 11) is 0. The summed E-state index contributed by atoms with van der Waals surface area (Å²) in [6.07, 6.45) is -7.61. The van der Waals surface area contributed by atoms with Gasteiger partial charge in [-0.05, 0) is 24.1 Å². The zero-order valence-corrected chi connectivity index (χ0v) is 16.3. The van der Waals surface area contributed by atoms with Crippen molar-refractivity contribution >= 4 is 5.78 Å². The van der Waals surface area contributed by atoms with E-state index in [-0.39, 0.29) is 23.5 Å². The third-order valence-corrected chi connectivity index (χ3v) is 5.01. The summed E-state index contributed by atoms with van der Waals surface area (Å²) in [6.45, 7) is -0.672. The van der Waals surface area contributed by atoms with Crippen LogP contribution in [-0.2, 0) is 11.2 Å². The van der Waals surface area contributed by atoms with Gasteiger partial charge in [-0.15, -0.1) is 0 Å². The number of phenolic OH excluding ortho intramolecular Hbond substituents is 3. The van der Waals surface area contributed by atoms with E-state index in [0.29, 0.717) is 6.42 Å². The summed E-state index contributed by atoms with van der Waals surface area (Å²) in [5.74, 6) is -1.74. The molecule has 0 bridgehead atoms. The summed E-state index contributed by atoms with van der Waals surface area (Å²) in [5.41, 5.74) is 0.495. The quantitative estimate of drug-likeness (QED) is 0.288. The highest BCUT2D eigenvalue weighted by molar-refractivity contribution is 6.01. The fraction of sp³-hybridized carbons (Fsp3) is 0.381. The number of aliphatic hydroxyl groups is 4. The van der Waals surface area contributed by atoms with Crippen LogP contribution in [0.5, 0.6) is 23.0 Å². The van der Waals surface area contributed by atoms with Gasteiger partial charge in [0.05, 0.1) is 6.61 Å². The van der Waals surface area contributed by atoms with Gasteiger partial charge in [-0.25, -0.2) is 0 Å². The number of aromatic hydroxyl groups is 3. The highest BCUT2D eigenvalue weighted by atomic mass is 16.7. The highest BCUT2D eigenvalue weighted by Crippen LogP contribution is 2.36. The van der Waals surface area contributed by atoms with Gasteiger partial charge in [0.25, 0.3) is 0 Å². The average Bonchev–Trinajstić information content (AvgIpc) is 2.73. The SMILES string of the molecule is O=C(CCc1ccc(O)cc1)c1c(O)cc(O)cc1OC1O[C@H](CO)[C@@H](O)[C@H](O)[C@H]1O. The Kier molecular flexibility index (Phi) is 6.98. The predicted octanol–water partition coefficient (Wildman–Crippen LogP) is -0.202. The molecule has 0 spiro atoms. The fourth-order valence-electron chi connectivity index (χ4n) is 3.30. The molecular weight excluding hydrogens is 412 g/mol. The Hall–Kier alpha value is -2.89. The molecule has 1 saturated heterocycles. The van der Waals surface area contributed by atoms with Gasteiger partial charge >= 0.3 is 0 Å². The lowest BCUT2D eigenvalue weighted by atomic mass is 9.99. The maximum Gasteiger partial charge on any atom is 0.229 e. The molecule has 0 aliphatic carbocycles. The number of rotatable bonds is 7. The summed E-state index contributed by atoms with van der Waals surface area (Å²) >= 11 is 0. The van der Waals surface area contributed by atoms with Crippen molar-refractivity contribution in [1.82, 2.24) is 0 Å². The number of carbonyl (C=O) groups excluding carboxylic acids is 1. The van der Waals surface area contributed by atoms with Crippen LogP contribution in [0.2, 0.25) is 0 Å². The third-order valence-electron chi connectivity index (χ3n) is 5.01. The van der Waals surface area contributed by atoms with Crippen LogP contribution in [0.15, 0.2) is 36.4 Å². The minimum atomic E-state index is -1.73. The van der Waals surface area contributed by atoms with Crippen molar-refractivity contribution in [3.05, 3.63) is 47.5 Å². The third kappa shape index (κ3) is 5.06. The number of hydrogen-bond donors (Lipinski definition) is 7. The second-order valence-electron chi connectivity index (χ2n) is 7.24. The lowest BCUT2D eigenvalue weighted by Gasteiger charge is -2.39. The first-order valence-corrected chi connectivity index (χ1v) is 9.55. The van der Waals surface area contributed by atoms with E-state index in [0.717, 1.165) is 17.7 Å². The zero-order chi connectivity index (χ0) is 22.7. The molecule has 10 nitrogen and oxygen atoms in total. The summed E-state index contributed by atoms with van der Waals surface area (Å²) in [5, 5.41) is 68.6. The Morgan fingerprint density at radius 3 is 2.26 bits per heavy atom. The number of ether oxygens (including phenoxy) is 2. The molecule has 10 heteroatoms. The van der Waals surface area contributed by atoms with E-state index in [1.165, 1.54) is 12.1 Å². The second kappa shape index (κ2) is 9.50. The van der Waals surface area contributed by atoms with Gasteiger partial charge < -0.3 is 45.2 Å². The zero-order valence-electron chi connectivity index (χ0n) is 16.3. The summed E-state index contributed by atoms with van der Waals surface area (Å²) in [4.78, 5) is 12.8. The number of ketones is 1. The first-order valence-electron chi connectivity index (χ1n) is 9.55. The van der Waals surface area contributed by atoms with Gasteiger partial charge in [-0.1, -0.05) is 12.1 Å². The minimum Gasteiger partial charge on any atom is -0.508 e. The molecule has 31 heavy (non-hydrogen) atoms. The molecule has 3 rings (SSSR count). The number of Topliss-reactive ketones (excluding diaryl/α,β-unsaturated/α-hetero) is 1. The van der Waals surface area contributed by atoms with E-state index in [1.807, 2.05) is 0 Å². The van der Waals surface area contributed by atoms with Crippen LogP contribution >= 0.6 is 0 Å². The fourth-order valence-corrected chi connectivity index (χ4v) is 3.30. The molecule has 0 radical (unpaired) electrons. The van der Waals surface area contributed by atoms with Gasteiger partial charge in [0, 0.05) is 18.6 Å². The molecule has 5 atom stereocenters. The number of aliphatic hydroxyl groups excluding tert-OH is 4. The number of benzene rings is 2. The van der Waals surface area contributed by atoms with Crippen LogP contribution in [0.1, 0.15) is 22.3 Å². The van der Waals surface area contributed by atoms with Crippen LogP contribution in [-0.4, -0.2) is 78.8 Å². The van der Waals surface area contributed by atoms with Crippen LogP contribution < -0.4 is 4.74 Å². The maximum atomic E-state index is 12.8. The topological polar surface area (TPSA) is 177 Å². The van der Waals surface area contributed by atoms with E-state index < -0.39 is 54.6 Å². The molecule has 1 fully saturated rings. The Labute approximate surface area is 177 Å². The van der Waals surface area contributed by atoms with Crippen LogP contribution in [0.3, 0.4) is 0 Å². The van der Waals surface area contributed by atoms with Gasteiger partial charge in [0.1, 0.15) is 53.0 Å². The number of carbonyl (C=O) groups is 1. The second-order valence-corrected chi connectivity index (χ2v) is 7.24. The number of hydrogen-bond acceptors (Lipinski definition) is 10. The van der Waals surface area contributed by atoms with Crippen LogP contribution in [0.4, 0.5) is 0 Å². The minimum absolute atomic E-state index is 0.0475. The van der Waals surface area contributed by atoms with Crippen molar-refractivity contribution in [3.63, 3.8) is 0 Å². The van der Waals surface area contributed by atoms with E-state index in [4.69, 9.17) is 9.47 Å². The monoisotopic (exact) mass is 436 g/mol. The molecule has 1 aliphatic heterocycles. The Bertz CT molecular complexity index is 911. The summed E-state index contributed by atoms with van der Waals surface area (Å²) in [6, 6.07) is 8.23. The van der Waals surface area contributed by atoms with Crippen molar-refractivity contribution in [1.29, 1.82) is 0 Å². The molecule has 1 aliphatic rings. The van der Waals surface area contributed by atoms with Gasteiger partial charge in [0.15, 0.2) is 5.78 Å². The van der Waals surface area contributed by atoms with E-state index >= 15 is 0 Å². The standard InChI is InChI=1S/C21H24O10/c22-9-16-18(27)19(28)20(29)21(31-16)30-15-8-12(24)7-14(26)17(15)13(25)6-3-10-1-4-11(23)5-2-10/h1-2,4-5,7-8,16,18-24,26-29H,3,6,9H2/t16-,18-,19+,20-,21?/m1/s1. The van der Waals surface area contributed by atoms with Crippen LogP contribution in [0.25, 0.3) is 0 Å². The smallest absolute Gasteiger partial charge is 0.229 e. The highest BCUT2D eigenvalue weighted by Gasteiger charge is 2.45. The Morgan fingerprint density at radius 2 is 1.61 bits per heavy atom. The molecule has 0 amide bonds. The molecule has 1 heterocycles. The maximum absolute atomic E-state index is 12.8. The lowest BCUT2D eigenvalue weighted by molar-refractivity contribution is -0.277. The molecule has 0 saturated carbocycles. The van der Waals surface area contributed by atoms with Crippen molar-refractivity contribution in [2.45, 2.75) is 43.5 Å². The van der Waals surface area contributed by atoms with Crippen molar-refractivity contribution in [2.24, 2.45) is 0 Å². The molecule has 168 valence electrons. The van der Waals surface area contributed by atoms with Gasteiger partial charge in [0.2, 0.25) is 6.29 Å². The molecule has 2 aromatic carbocycles. The van der Waals surface area contributed by atoms with E-state index in [2.05, 4.69) is 0 Å². The van der Waals surface area contributed by atoms with Gasteiger partial charge in [-0.3, -0.25) is 4.79 Å². The largest absolute Gasteiger partial charge is 0.508 e. The number of aryl methyl sites for hydroxylation is 1. The normalized spacial score (nSPS) is 25.9. The average molecular weight is 436 g/mol. The van der Waals surface area contributed by atoms with Crippen LogP contribution in [0, 0.1) is 0 Å². The van der Waals surface area contributed by atoms with Crippen molar-refractivity contribution < 1.29 is 50.0 Å². The molecular formula is C21H24O10. The van der Waals surface area contributed by atoms with E-state index in [9.17, 15) is 40.5 Å². The number of phenols is 3. The summed E-state index contributed by atoms with van der Waals surface area (Å²) < 4.78 is 10.7.